The maximum atomic E-state index is 11.6. The molecule has 0 aliphatic carbocycles. The maximum absolute atomic E-state index is 11.6. The molecule has 0 saturated carbocycles. The van der Waals surface area contributed by atoms with Crippen LogP contribution in [0.15, 0.2) is 10.9 Å². The van der Waals surface area contributed by atoms with Crippen LogP contribution >= 0.6 is 11.3 Å². The van der Waals surface area contributed by atoms with E-state index in [9.17, 15) is 4.79 Å². The van der Waals surface area contributed by atoms with Crippen LogP contribution in [0, 0.1) is 0 Å². The Bertz CT molecular complexity index is 273. The van der Waals surface area contributed by atoms with E-state index in [0.29, 0.717) is 12.2 Å². The van der Waals surface area contributed by atoms with Crippen molar-refractivity contribution in [2.45, 2.75) is 13.0 Å². The van der Waals surface area contributed by atoms with Gasteiger partial charge < -0.3 is 10.6 Å². The smallest absolute Gasteiger partial charge is 0.273 e. The van der Waals surface area contributed by atoms with Gasteiger partial charge >= 0.3 is 0 Å². The summed E-state index contributed by atoms with van der Waals surface area (Å²) in [5, 5.41) is 1.74. The highest BCUT2D eigenvalue weighted by molar-refractivity contribution is 7.07. The highest BCUT2D eigenvalue weighted by Crippen LogP contribution is 2.06. The average Bonchev–Trinajstić information content (AvgIpc) is 2.67. The lowest BCUT2D eigenvalue weighted by Crippen LogP contribution is -2.39. The molecule has 1 aromatic rings. The molecule has 1 amide bonds. The molecule has 1 unspecified atom stereocenters. The van der Waals surface area contributed by atoms with Gasteiger partial charge in [-0.1, -0.05) is 0 Å². The third kappa shape index (κ3) is 2.26. The number of aromatic nitrogens is 1. The summed E-state index contributed by atoms with van der Waals surface area (Å²) in [5.41, 5.74) is 7.59. The Kier molecular flexibility index (Phi) is 3.39. The summed E-state index contributed by atoms with van der Waals surface area (Å²) in [6.07, 6.45) is 0. The summed E-state index contributed by atoms with van der Waals surface area (Å²) in [5.74, 6) is -0.0702. The minimum absolute atomic E-state index is 0.0502. The molecule has 0 aliphatic rings. The van der Waals surface area contributed by atoms with Crippen LogP contribution in [0.1, 0.15) is 17.4 Å². The van der Waals surface area contributed by atoms with Gasteiger partial charge in [0.15, 0.2) is 0 Å². The molecular weight excluding hydrogens is 186 g/mol. The van der Waals surface area contributed by atoms with Crippen LogP contribution in [-0.4, -0.2) is 35.4 Å². The standard InChI is InChI=1S/C8H13N3OS/c1-6(3-9)11(2)8(12)7-4-13-5-10-7/h4-6H,3,9H2,1-2H3. The molecule has 13 heavy (non-hydrogen) atoms. The second-order valence-electron chi connectivity index (χ2n) is 2.87. The van der Waals surface area contributed by atoms with Crippen molar-refractivity contribution in [3.05, 3.63) is 16.6 Å². The molecule has 0 spiro atoms. The molecule has 0 radical (unpaired) electrons. The van der Waals surface area contributed by atoms with E-state index in [2.05, 4.69) is 4.98 Å². The van der Waals surface area contributed by atoms with Gasteiger partial charge in [-0.05, 0) is 6.92 Å². The molecule has 1 rings (SSSR count). The number of carbonyl (C=O) groups excluding carboxylic acids is 1. The Morgan fingerprint density at radius 1 is 1.85 bits per heavy atom. The summed E-state index contributed by atoms with van der Waals surface area (Å²) in [6.45, 7) is 2.37. The Hall–Kier alpha value is -0.940. The molecule has 0 aromatic carbocycles. The van der Waals surface area contributed by atoms with E-state index in [4.69, 9.17) is 5.73 Å². The third-order valence-corrected chi connectivity index (χ3v) is 2.56. The van der Waals surface area contributed by atoms with Crippen LogP contribution < -0.4 is 5.73 Å². The highest BCUT2D eigenvalue weighted by Gasteiger charge is 2.17. The van der Waals surface area contributed by atoms with Gasteiger partial charge in [0.25, 0.3) is 5.91 Å². The number of nitrogens with zero attached hydrogens (tertiary/aromatic N) is 2. The van der Waals surface area contributed by atoms with E-state index in [1.165, 1.54) is 11.3 Å². The first kappa shape index (κ1) is 10.1. The number of amides is 1. The van der Waals surface area contributed by atoms with Gasteiger partial charge in [0.1, 0.15) is 5.69 Å². The van der Waals surface area contributed by atoms with Crippen molar-refractivity contribution in [3.8, 4) is 0 Å². The van der Waals surface area contributed by atoms with Gasteiger partial charge in [-0.2, -0.15) is 0 Å². The fourth-order valence-corrected chi connectivity index (χ4v) is 1.38. The number of rotatable bonds is 3. The van der Waals surface area contributed by atoms with E-state index in [1.54, 1.807) is 22.8 Å². The van der Waals surface area contributed by atoms with E-state index in [-0.39, 0.29) is 11.9 Å². The van der Waals surface area contributed by atoms with Gasteiger partial charge in [-0.25, -0.2) is 4.98 Å². The average molecular weight is 199 g/mol. The summed E-state index contributed by atoms with van der Waals surface area (Å²) in [6, 6.07) is 0.0502. The maximum Gasteiger partial charge on any atom is 0.273 e. The Balaban J connectivity index is 2.68. The van der Waals surface area contributed by atoms with Gasteiger partial charge in [0, 0.05) is 25.0 Å². The molecule has 4 nitrogen and oxygen atoms in total. The third-order valence-electron chi connectivity index (χ3n) is 1.97. The molecule has 1 aromatic heterocycles. The van der Waals surface area contributed by atoms with E-state index in [1.807, 2.05) is 6.92 Å². The molecule has 2 N–H and O–H groups in total. The fourth-order valence-electron chi connectivity index (χ4n) is 0.857. The zero-order valence-corrected chi connectivity index (χ0v) is 8.54. The SMILES string of the molecule is CC(CN)N(C)C(=O)c1cscn1. The first-order valence-corrected chi connectivity index (χ1v) is 4.96. The molecule has 1 atom stereocenters. The van der Waals surface area contributed by atoms with Crippen molar-refractivity contribution in [2.24, 2.45) is 5.73 Å². The summed E-state index contributed by atoms with van der Waals surface area (Å²) in [4.78, 5) is 17.2. The van der Waals surface area contributed by atoms with Crippen LogP contribution in [0.25, 0.3) is 0 Å². The number of thiazole rings is 1. The van der Waals surface area contributed by atoms with Crippen LogP contribution in [0.4, 0.5) is 0 Å². The zero-order valence-electron chi connectivity index (χ0n) is 7.73. The number of likely N-dealkylation sites (N-methyl/N-ethyl adjacent to an activating group) is 1. The van der Waals surface area contributed by atoms with Crippen LogP contribution in [0.2, 0.25) is 0 Å². The summed E-state index contributed by atoms with van der Waals surface area (Å²) >= 11 is 1.41. The molecule has 0 bridgehead atoms. The molecule has 1 heterocycles. The monoisotopic (exact) mass is 199 g/mol. The van der Waals surface area contributed by atoms with Crippen molar-refractivity contribution < 1.29 is 4.79 Å². The molecule has 72 valence electrons. The Labute approximate surface area is 81.4 Å². The van der Waals surface area contributed by atoms with Crippen LogP contribution in [0.5, 0.6) is 0 Å². The van der Waals surface area contributed by atoms with Crippen LogP contribution in [-0.2, 0) is 0 Å². The summed E-state index contributed by atoms with van der Waals surface area (Å²) in [7, 11) is 1.74. The molecule has 0 aliphatic heterocycles. The largest absolute Gasteiger partial charge is 0.336 e. The lowest BCUT2D eigenvalue weighted by Gasteiger charge is -2.22. The minimum Gasteiger partial charge on any atom is -0.336 e. The first-order chi connectivity index (χ1) is 6.16. The number of hydrogen-bond acceptors (Lipinski definition) is 4. The number of hydrogen-bond donors (Lipinski definition) is 1. The highest BCUT2D eigenvalue weighted by atomic mass is 32.1. The van der Waals surface area contributed by atoms with E-state index >= 15 is 0 Å². The second-order valence-corrected chi connectivity index (χ2v) is 3.59. The lowest BCUT2D eigenvalue weighted by molar-refractivity contribution is 0.0743. The Morgan fingerprint density at radius 2 is 2.54 bits per heavy atom. The Morgan fingerprint density at radius 3 is 3.00 bits per heavy atom. The molecule has 0 saturated heterocycles. The van der Waals surface area contributed by atoms with Gasteiger partial charge in [-0.15, -0.1) is 11.3 Å². The summed E-state index contributed by atoms with van der Waals surface area (Å²) < 4.78 is 0. The van der Waals surface area contributed by atoms with Crippen molar-refractivity contribution in [1.82, 2.24) is 9.88 Å². The fraction of sp³-hybridized carbons (Fsp3) is 0.500. The molecular formula is C8H13N3OS. The van der Waals surface area contributed by atoms with Crippen molar-refractivity contribution in [1.29, 1.82) is 0 Å². The van der Waals surface area contributed by atoms with Crippen molar-refractivity contribution in [3.63, 3.8) is 0 Å². The van der Waals surface area contributed by atoms with E-state index < -0.39 is 0 Å². The second kappa shape index (κ2) is 4.34. The predicted molar refractivity (Wildman–Crippen MR) is 52.7 cm³/mol. The predicted octanol–water partition coefficient (Wildman–Crippen LogP) is 0.562. The normalized spacial score (nSPS) is 12.5. The van der Waals surface area contributed by atoms with Gasteiger partial charge in [0.2, 0.25) is 0 Å². The van der Waals surface area contributed by atoms with Crippen molar-refractivity contribution in [2.75, 3.05) is 13.6 Å². The van der Waals surface area contributed by atoms with E-state index in [0.717, 1.165) is 0 Å². The van der Waals surface area contributed by atoms with Crippen molar-refractivity contribution >= 4 is 17.2 Å². The molecule has 0 fully saturated rings. The quantitative estimate of drug-likeness (QED) is 0.774. The van der Waals surface area contributed by atoms with Gasteiger partial charge in [-0.3, -0.25) is 4.79 Å². The number of nitrogens with two attached hydrogens (primary N) is 1. The lowest BCUT2D eigenvalue weighted by atomic mass is 10.3. The minimum atomic E-state index is -0.0702. The zero-order chi connectivity index (χ0) is 9.84. The van der Waals surface area contributed by atoms with Gasteiger partial charge in [0.05, 0.1) is 5.51 Å². The van der Waals surface area contributed by atoms with Crippen LogP contribution in [0.3, 0.4) is 0 Å². The first-order valence-electron chi connectivity index (χ1n) is 4.02. The molecule has 5 heteroatoms. The number of carbonyl (C=O) groups is 1. The topological polar surface area (TPSA) is 59.2 Å².